The number of hydrogen-bond acceptors (Lipinski definition) is 6. The first-order chi connectivity index (χ1) is 13.7. The van der Waals surface area contributed by atoms with Gasteiger partial charge in [-0.15, -0.1) is 11.3 Å². The molecule has 1 fully saturated rings. The van der Waals surface area contributed by atoms with E-state index in [9.17, 15) is 4.79 Å². The highest BCUT2D eigenvalue weighted by Gasteiger charge is 2.24. The summed E-state index contributed by atoms with van der Waals surface area (Å²) in [6.45, 7) is 3.66. The Labute approximate surface area is 175 Å². The number of thiophene rings is 1. The molecule has 0 unspecified atom stereocenters. The van der Waals surface area contributed by atoms with Crippen molar-refractivity contribution in [2.75, 3.05) is 32.8 Å². The maximum absolute atomic E-state index is 12.6. The van der Waals surface area contributed by atoms with Crippen molar-refractivity contribution in [2.45, 2.75) is 6.04 Å². The quantitative estimate of drug-likeness (QED) is 0.601. The molecule has 8 heteroatoms. The number of nitrogens with one attached hydrogen (secondary N) is 1. The summed E-state index contributed by atoms with van der Waals surface area (Å²) < 4.78 is 11.8. The van der Waals surface area contributed by atoms with E-state index in [2.05, 4.69) is 42.7 Å². The van der Waals surface area contributed by atoms with E-state index < -0.39 is 0 Å². The van der Waals surface area contributed by atoms with Gasteiger partial charge in [0.2, 0.25) is 0 Å². The van der Waals surface area contributed by atoms with Gasteiger partial charge < -0.3 is 14.6 Å². The van der Waals surface area contributed by atoms with Crippen LogP contribution in [0.4, 0.5) is 0 Å². The van der Waals surface area contributed by atoms with E-state index in [-0.39, 0.29) is 17.6 Å². The number of hydrogen-bond donors (Lipinski definition) is 1. The molecule has 1 aliphatic heterocycles. The Morgan fingerprint density at radius 2 is 2.04 bits per heavy atom. The molecule has 6 nitrogen and oxygen atoms in total. The van der Waals surface area contributed by atoms with Crippen molar-refractivity contribution in [1.82, 2.24) is 15.4 Å². The molecule has 0 spiro atoms. The molecule has 0 bridgehead atoms. The van der Waals surface area contributed by atoms with Gasteiger partial charge in [0, 0.05) is 40.6 Å². The fourth-order valence-corrected chi connectivity index (χ4v) is 4.32. The minimum Gasteiger partial charge on any atom is -0.379 e. The molecule has 146 valence electrons. The van der Waals surface area contributed by atoms with E-state index in [1.165, 1.54) is 4.88 Å². The third-order valence-corrected chi connectivity index (χ3v) is 6.19. The zero-order chi connectivity index (χ0) is 19.3. The molecular weight excluding hydrogens is 442 g/mol. The summed E-state index contributed by atoms with van der Waals surface area (Å²) in [5, 5.41) is 9.01. The van der Waals surface area contributed by atoms with E-state index in [4.69, 9.17) is 9.26 Å². The number of ether oxygens (including phenoxy) is 1. The van der Waals surface area contributed by atoms with E-state index in [1.807, 2.05) is 30.3 Å². The molecule has 1 N–H and O–H groups in total. The molecule has 0 aliphatic carbocycles. The Bertz CT molecular complexity index is 905. The Balaban J connectivity index is 1.43. The number of halogens is 1. The highest BCUT2D eigenvalue weighted by molar-refractivity contribution is 9.10. The Morgan fingerprint density at radius 3 is 2.75 bits per heavy atom. The maximum atomic E-state index is 12.6. The van der Waals surface area contributed by atoms with Gasteiger partial charge in [0.15, 0.2) is 11.5 Å². The number of carbonyl (C=O) groups is 1. The topological polar surface area (TPSA) is 67.6 Å². The molecule has 1 aromatic carbocycles. The molecule has 0 radical (unpaired) electrons. The predicted octanol–water partition coefficient (Wildman–Crippen LogP) is 3.97. The lowest BCUT2D eigenvalue weighted by molar-refractivity contribution is 0.0169. The maximum Gasteiger partial charge on any atom is 0.273 e. The Hall–Kier alpha value is -2.00. The molecule has 2 aromatic heterocycles. The van der Waals surface area contributed by atoms with Crippen LogP contribution in [0.2, 0.25) is 0 Å². The number of nitrogens with zero attached hydrogens (tertiary/aromatic N) is 2. The van der Waals surface area contributed by atoms with Crippen LogP contribution in [0, 0.1) is 0 Å². The molecule has 4 rings (SSSR count). The lowest BCUT2D eigenvalue weighted by Gasteiger charge is -2.34. The summed E-state index contributed by atoms with van der Waals surface area (Å²) in [5.74, 6) is 0.336. The zero-order valence-electron chi connectivity index (χ0n) is 15.1. The van der Waals surface area contributed by atoms with E-state index in [0.717, 1.165) is 36.3 Å². The number of morpholine rings is 1. The fourth-order valence-electron chi connectivity index (χ4n) is 3.19. The standard InChI is InChI=1S/C20H20BrN3O3S/c21-15-5-3-14(4-6-15)18-12-16(23-27-18)20(25)22-13-17(19-2-1-11-28-19)24-7-9-26-10-8-24/h1-6,11-12,17H,7-10,13H2,(H,22,25)/t17-/m1/s1. The number of amides is 1. The first-order valence-electron chi connectivity index (χ1n) is 9.07. The first-order valence-corrected chi connectivity index (χ1v) is 10.7. The Kier molecular flexibility index (Phi) is 6.21. The van der Waals surface area contributed by atoms with Crippen molar-refractivity contribution in [3.8, 4) is 11.3 Å². The second-order valence-electron chi connectivity index (χ2n) is 6.47. The third-order valence-electron chi connectivity index (χ3n) is 4.69. The van der Waals surface area contributed by atoms with Crippen LogP contribution >= 0.6 is 27.3 Å². The van der Waals surface area contributed by atoms with Crippen LogP contribution < -0.4 is 5.32 Å². The minimum atomic E-state index is -0.234. The largest absolute Gasteiger partial charge is 0.379 e. The van der Waals surface area contributed by atoms with Gasteiger partial charge in [-0.2, -0.15) is 0 Å². The van der Waals surface area contributed by atoms with Gasteiger partial charge >= 0.3 is 0 Å². The molecule has 28 heavy (non-hydrogen) atoms. The smallest absolute Gasteiger partial charge is 0.273 e. The fraction of sp³-hybridized carbons (Fsp3) is 0.300. The Morgan fingerprint density at radius 1 is 1.25 bits per heavy atom. The van der Waals surface area contributed by atoms with Gasteiger partial charge in [0.1, 0.15) is 0 Å². The molecule has 0 saturated carbocycles. The van der Waals surface area contributed by atoms with Crippen molar-refractivity contribution in [1.29, 1.82) is 0 Å². The number of benzene rings is 1. The SMILES string of the molecule is O=C(NC[C@H](c1cccs1)N1CCOCC1)c1cc(-c2ccc(Br)cc2)on1. The zero-order valence-corrected chi connectivity index (χ0v) is 17.5. The summed E-state index contributed by atoms with van der Waals surface area (Å²) in [5.41, 5.74) is 1.16. The van der Waals surface area contributed by atoms with Crippen molar-refractivity contribution in [2.24, 2.45) is 0 Å². The highest BCUT2D eigenvalue weighted by Crippen LogP contribution is 2.26. The monoisotopic (exact) mass is 461 g/mol. The lowest BCUT2D eigenvalue weighted by atomic mass is 10.1. The van der Waals surface area contributed by atoms with Crippen LogP contribution in [0.3, 0.4) is 0 Å². The molecule has 1 aliphatic rings. The molecular formula is C20H20BrN3O3S. The van der Waals surface area contributed by atoms with Crippen molar-refractivity contribution in [3.05, 3.63) is 62.9 Å². The third kappa shape index (κ3) is 4.52. The number of aromatic nitrogens is 1. The summed E-state index contributed by atoms with van der Waals surface area (Å²) >= 11 is 5.11. The van der Waals surface area contributed by atoms with Gasteiger partial charge in [0.05, 0.1) is 19.3 Å². The predicted molar refractivity (Wildman–Crippen MR) is 111 cm³/mol. The normalized spacial score (nSPS) is 16.0. The van der Waals surface area contributed by atoms with Gasteiger partial charge in [-0.3, -0.25) is 9.69 Å². The van der Waals surface area contributed by atoms with Gasteiger partial charge in [-0.1, -0.05) is 39.3 Å². The van der Waals surface area contributed by atoms with Crippen molar-refractivity contribution in [3.63, 3.8) is 0 Å². The summed E-state index contributed by atoms with van der Waals surface area (Å²) in [4.78, 5) is 16.2. The van der Waals surface area contributed by atoms with Crippen LogP contribution in [0.25, 0.3) is 11.3 Å². The highest BCUT2D eigenvalue weighted by atomic mass is 79.9. The van der Waals surface area contributed by atoms with Gasteiger partial charge in [0.25, 0.3) is 5.91 Å². The molecule has 1 amide bonds. The van der Waals surface area contributed by atoms with E-state index in [1.54, 1.807) is 17.4 Å². The van der Waals surface area contributed by atoms with Crippen LogP contribution in [-0.4, -0.2) is 48.8 Å². The van der Waals surface area contributed by atoms with Gasteiger partial charge in [-0.05, 0) is 23.6 Å². The molecule has 3 aromatic rings. The minimum absolute atomic E-state index is 0.130. The van der Waals surface area contributed by atoms with Crippen LogP contribution in [0.5, 0.6) is 0 Å². The van der Waals surface area contributed by atoms with Crippen LogP contribution in [0.1, 0.15) is 21.4 Å². The van der Waals surface area contributed by atoms with Crippen molar-refractivity contribution < 1.29 is 14.1 Å². The average molecular weight is 462 g/mol. The average Bonchev–Trinajstić information content (AvgIpc) is 3.42. The van der Waals surface area contributed by atoms with E-state index >= 15 is 0 Å². The summed E-state index contributed by atoms with van der Waals surface area (Å²) in [6, 6.07) is 13.6. The lowest BCUT2D eigenvalue weighted by Crippen LogP contribution is -2.43. The summed E-state index contributed by atoms with van der Waals surface area (Å²) in [7, 11) is 0. The van der Waals surface area contributed by atoms with E-state index in [0.29, 0.717) is 12.3 Å². The molecule has 1 atom stereocenters. The second kappa shape index (κ2) is 9.00. The summed E-state index contributed by atoms with van der Waals surface area (Å²) in [6.07, 6.45) is 0. The molecule has 1 saturated heterocycles. The second-order valence-corrected chi connectivity index (χ2v) is 8.37. The molecule has 3 heterocycles. The van der Waals surface area contributed by atoms with Crippen LogP contribution in [-0.2, 0) is 4.74 Å². The number of carbonyl (C=O) groups excluding carboxylic acids is 1. The number of rotatable bonds is 6. The van der Waals surface area contributed by atoms with Gasteiger partial charge in [-0.25, -0.2) is 0 Å². The van der Waals surface area contributed by atoms with Crippen LogP contribution in [0.15, 0.2) is 56.8 Å². The first kappa shape index (κ1) is 19.3. The van der Waals surface area contributed by atoms with Crippen molar-refractivity contribution >= 4 is 33.2 Å².